The van der Waals surface area contributed by atoms with Gasteiger partial charge < -0.3 is 15.4 Å². The fourth-order valence-electron chi connectivity index (χ4n) is 1.49. The van der Waals surface area contributed by atoms with Crippen molar-refractivity contribution in [3.05, 3.63) is 0 Å². The first kappa shape index (κ1) is 15.4. The topological polar surface area (TPSA) is 62.3 Å². The van der Waals surface area contributed by atoms with E-state index >= 15 is 0 Å². The molecule has 0 aromatic heterocycles. The first-order valence-corrected chi connectivity index (χ1v) is 5.85. The molecule has 0 aromatic rings. The van der Waals surface area contributed by atoms with E-state index in [1.54, 1.807) is 7.11 Å². The molecule has 1 atom stereocenters. The van der Waals surface area contributed by atoms with Crippen molar-refractivity contribution in [1.29, 1.82) is 5.41 Å². The summed E-state index contributed by atoms with van der Waals surface area (Å²) in [4.78, 5) is 2.28. The predicted molar refractivity (Wildman–Crippen MR) is 68.9 cm³/mol. The number of hydrogen-bond donors (Lipinski definition) is 2. The number of hydrogen-bond acceptors (Lipinski definition) is 3. The van der Waals surface area contributed by atoms with Crippen LogP contribution in [0, 0.1) is 10.8 Å². The molecule has 0 saturated carbocycles. The Labute approximate surface area is 99.7 Å². The highest BCUT2D eigenvalue weighted by Crippen LogP contribution is 2.21. The van der Waals surface area contributed by atoms with E-state index < -0.39 is 0 Å². The zero-order valence-corrected chi connectivity index (χ0v) is 11.3. The van der Waals surface area contributed by atoms with E-state index in [1.807, 2.05) is 13.8 Å². The zero-order valence-electron chi connectivity index (χ0n) is 11.3. The lowest BCUT2D eigenvalue weighted by molar-refractivity contribution is 0.113. The van der Waals surface area contributed by atoms with Gasteiger partial charge in [-0.25, -0.2) is 0 Å². The fraction of sp³-hybridized carbons (Fsp3) is 0.917. The van der Waals surface area contributed by atoms with Crippen LogP contribution in [0.1, 0.15) is 33.6 Å². The lowest BCUT2D eigenvalue weighted by Crippen LogP contribution is -2.35. The Morgan fingerprint density at radius 1 is 1.50 bits per heavy atom. The minimum atomic E-state index is -0.175. The lowest BCUT2D eigenvalue weighted by atomic mass is 9.86. The van der Waals surface area contributed by atoms with E-state index in [1.165, 1.54) is 0 Å². The number of amidine groups is 1. The van der Waals surface area contributed by atoms with Crippen molar-refractivity contribution < 1.29 is 4.74 Å². The van der Waals surface area contributed by atoms with Gasteiger partial charge >= 0.3 is 0 Å². The highest BCUT2D eigenvalue weighted by molar-refractivity contribution is 5.82. The molecule has 0 amide bonds. The van der Waals surface area contributed by atoms with Gasteiger partial charge in [0.15, 0.2) is 0 Å². The highest BCUT2D eigenvalue weighted by Gasteiger charge is 2.21. The van der Waals surface area contributed by atoms with Gasteiger partial charge in [-0.05, 0) is 33.4 Å². The summed E-state index contributed by atoms with van der Waals surface area (Å²) >= 11 is 0. The van der Waals surface area contributed by atoms with Crippen LogP contribution in [-0.4, -0.2) is 44.1 Å². The van der Waals surface area contributed by atoms with Crippen molar-refractivity contribution >= 4 is 5.84 Å². The van der Waals surface area contributed by atoms with E-state index in [2.05, 4.69) is 18.9 Å². The number of nitrogens with two attached hydrogens (primary N) is 1. The van der Waals surface area contributed by atoms with E-state index in [-0.39, 0.29) is 11.3 Å². The highest BCUT2D eigenvalue weighted by atomic mass is 16.5. The van der Waals surface area contributed by atoms with Gasteiger partial charge in [-0.3, -0.25) is 5.41 Å². The number of rotatable bonds is 8. The van der Waals surface area contributed by atoms with Gasteiger partial charge in [-0.1, -0.05) is 13.8 Å². The number of nitrogens with one attached hydrogen (secondary N) is 1. The van der Waals surface area contributed by atoms with Crippen LogP contribution in [0.2, 0.25) is 0 Å². The van der Waals surface area contributed by atoms with Crippen molar-refractivity contribution in [3.8, 4) is 0 Å². The van der Waals surface area contributed by atoms with Crippen molar-refractivity contribution in [3.63, 3.8) is 0 Å². The van der Waals surface area contributed by atoms with Crippen molar-refractivity contribution in [2.75, 3.05) is 27.3 Å². The van der Waals surface area contributed by atoms with Gasteiger partial charge in [0.1, 0.15) is 0 Å². The van der Waals surface area contributed by atoms with Crippen LogP contribution in [0.5, 0.6) is 0 Å². The number of methoxy groups -OCH3 is 1. The SMILES string of the molecule is COCC(C)N(C)CCCC(C)(C)C(=N)N. The molecule has 3 N–H and O–H groups in total. The Bertz CT molecular complexity index is 216. The average molecular weight is 229 g/mol. The maximum Gasteiger partial charge on any atom is 0.0963 e. The zero-order chi connectivity index (χ0) is 12.8. The van der Waals surface area contributed by atoms with Gasteiger partial charge in [0.2, 0.25) is 0 Å². The second-order valence-electron chi connectivity index (χ2n) is 5.19. The maximum atomic E-state index is 7.48. The molecule has 0 aliphatic carbocycles. The molecule has 0 bridgehead atoms. The smallest absolute Gasteiger partial charge is 0.0963 e. The molecule has 0 rings (SSSR count). The van der Waals surface area contributed by atoms with Crippen molar-refractivity contribution in [2.24, 2.45) is 11.1 Å². The van der Waals surface area contributed by atoms with Crippen LogP contribution >= 0.6 is 0 Å². The molecule has 0 radical (unpaired) electrons. The second-order valence-corrected chi connectivity index (χ2v) is 5.19. The van der Waals surface area contributed by atoms with E-state index in [0.717, 1.165) is 26.0 Å². The number of likely N-dealkylation sites (N-methyl/N-ethyl adjacent to an activating group) is 1. The maximum absolute atomic E-state index is 7.48. The molecule has 0 heterocycles. The second kappa shape index (κ2) is 6.86. The molecule has 16 heavy (non-hydrogen) atoms. The van der Waals surface area contributed by atoms with Crippen LogP contribution in [0.4, 0.5) is 0 Å². The number of nitrogens with zero attached hydrogens (tertiary/aromatic N) is 1. The molecule has 0 aliphatic heterocycles. The summed E-state index contributed by atoms with van der Waals surface area (Å²) in [5, 5.41) is 7.48. The molecular weight excluding hydrogens is 202 g/mol. The Kier molecular flexibility index (Phi) is 6.60. The summed E-state index contributed by atoms with van der Waals surface area (Å²) in [6, 6.07) is 0.436. The monoisotopic (exact) mass is 229 g/mol. The molecule has 0 fully saturated rings. The van der Waals surface area contributed by atoms with E-state index in [0.29, 0.717) is 6.04 Å². The summed E-state index contributed by atoms with van der Waals surface area (Å²) in [7, 11) is 3.83. The van der Waals surface area contributed by atoms with Crippen LogP contribution in [0.15, 0.2) is 0 Å². The quantitative estimate of drug-likeness (QED) is 0.492. The normalized spacial score (nSPS) is 14.1. The minimum absolute atomic E-state index is 0.175. The van der Waals surface area contributed by atoms with Crippen LogP contribution in [0.25, 0.3) is 0 Å². The first-order valence-electron chi connectivity index (χ1n) is 5.85. The Morgan fingerprint density at radius 3 is 2.50 bits per heavy atom. The van der Waals surface area contributed by atoms with Gasteiger partial charge in [-0.15, -0.1) is 0 Å². The predicted octanol–water partition coefficient (Wildman–Crippen LogP) is 1.70. The van der Waals surface area contributed by atoms with Crippen LogP contribution < -0.4 is 5.73 Å². The summed E-state index contributed by atoms with van der Waals surface area (Å²) in [5.41, 5.74) is 5.37. The van der Waals surface area contributed by atoms with Gasteiger partial charge in [0.05, 0.1) is 12.4 Å². The van der Waals surface area contributed by atoms with E-state index in [4.69, 9.17) is 15.9 Å². The van der Waals surface area contributed by atoms with E-state index in [9.17, 15) is 0 Å². The third kappa shape index (κ3) is 5.47. The Hall–Kier alpha value is -0.610. The molecule has 0 spiro atoms. The average Bonchev–Trinajstić information content (AvgIpc) is 2.17. The fourth-order valence-corrected chi connectivity index (χ4v) is 1.49. The number of ether oxygens (including phenoxy) is 1. The Balaban J connectivity index is 3.85. The largest absolute Gasteiger partial charge is 0.387 e. The van der Waals surface area contributed by atoms with Gasteiger partial charge in [-0.2, -0.15) is 0 Å². The molecule has 0 aromatic carbocycles. The summed E-state index contributed by atoms with van der Waals surface area (Å²) < 4.78 is 5.11. The van der Waals surface area contributed by atoms with Crippen molar-refractivity contribution in [1.82, 2.24) is 4.90 Å². The summed E-state index contributed by atoms with van der Waals surface area (Å²) in [6.45, 7) is 7.97. The molecular formula is C12H27N3O. The molecule has 4 nitrogen and oxygen atoms in total. The summed E-state index contributed by atoms with van der Waals surface area (Å²) in [6.07, 6.45) is 2.00. The molecule has 4 heteroatoms. The first-order chi connectivity index (χ1) is 7.31. The minimum Gasteiger partial charge on any atom is -0.387 e. The van der Waals surface area contributed by atoms with Crippen LogP contribution in [0.3, 0.4) is 0 Å². The van der Waals surface area contributed by atoms with Gasteiger partial charge in [0.25, 0.3) is 0 Å². The molecule has 0 saturated heterocycles. The third-order valence-electron chi connectivity index (χ3n) is 3.20. The Morgan fingerprint density at radius 2 is 2.06 bits per heavy atom. The molecule has 0 aliphatic rings. The third-order valence-corrected chi connectivity index (χ3v) is 3.20. The standard InChI is InChI=1S/C12H27N3O/c1-10(9-16-5)15(4)8-6-7-12(2,3)11(13)14/h10H,6-9H2,1-5H3,(H3,13,14). The van der Waals surface area contributed by atoms with Gasteiger partial charge in [0, 0.05) is 18.6 Å². The molecule has 96 valence electrons. The van der Waals surface area contributed by atoms with Crippen molar-refractivity contribution in [2.45, 2.75) is 39.7 Å². The summed E-state index contributed by atoms with van der Waals surface area (Å²) in [5.74, 6) is 0.278. The van der Waals surface area contributed by atoms with Crippen LogP contribution in [-0.2, 0) is 4.74 Å². The lowest BCUT2D eigenvalue weighted by Gasteiger charge is -2.27. The molecule has 1 unspecified atom stereocenters.